The van der Waals surface area contributed by atoms with Crippen molar-refractivity contribution in [2.45, 2.75) is 121 Å². The first kappa shape index (κ1) is 32.1. The molecule has 6 atom stereocenters. The van der Waals surface area contributed by atoms with Gasteiger partial charge >= 0.3 is 0 Å². The first-order valence-corrected chi connectivity index (χ1v) is 18.6. The van der Waals surface area contributed by atoms with Crippen molar-refractivity contribution in [1.29, 1.82) is 0 Å². The highest BCUT2D eigenvalue weighted by Gasteiger charge is 2.54. The molecule has 0 spiro atoms. The van der Waals surface area contributed by atoms with E-state index in [1.54, 1.807) is 7.11 Å². The largest absolute Gasteiger partial charge is 0.383 e. The average Bonchev–Trinajstić information content (AvgIpc) is 3.14. The van der Waals surface area contributed by atoms with Crippen LogP contribution in [0.25, 0.3) is 11.1 Å². The van der Waals surface area contributed by atoms with E-state index >= 15 is 0 Å². The molecule has 0 N–H and O–H groups in total. The molecule has 44 heavy (non-hydrogen) atoms. The fourth-order valence-corrected chi connectivity index (χ4v) is 11.0. The molecule has 242 valence electrons. The van der Waals surface area contributed by atoms with Gasteiger partial charge < -0.3 is 4.74 Å². The van der Waals surface area contributed by atoms with Gasteiger partial charge in [-0.3, -0.25) is 9.74 Å². The van der Waals surface area contributed by atoms with E-state index in [4.69, 9.17) is 9.57 Å². The maximum atomic E-state index is 14.5. The van der Waals surface area contributed by atoms with E-state index in [1.165, 1.54) is 53.5 Å². The van der Waals surface area contributed by atoms with E-state index in [2.05, 4.69) is 73.2 Å². The van der Waals surface area contributed by atoms with Crippen molar-refractivity contribution >= 4 is 10.0 Å². The van der Waals surface area contributed by atoms with E-state index < -0.39 is 15.3 Å². The van der Waals surface area contributed by atoms with Crippen LogP contribution in [-0.4, -0.2) is 91.6 Å². The Hall–Kier alpha value is -1.81. The Morgan fingerprint density at radius 2 is 1.61 bits per heavy atom. The van der Waals surface area contributed by atoms with Crippen LogP contribution in [0.5, 0.6) is 0 Å². The van der Waals surface area contributed by atoms with Gasteiger partial charge in [-0.1, -0.05) is 68.1 Å². The highest BCUT2D eigenvalue weighted by molar-refractivity contribution is 7.89. The van der Waals surface area contributed by atoms with Crippen molar-refractivity contribution in [1.82, 2.24) is 14.3 Å². The van der Waals surface area contributed by atoms with E-state index in [0.29, 0.717) is 25.7 Å². The third-order valence-corrected chi connectivity index (χ3v) is 13.7. The summed E-state index contributed by atoms with van der Waals surface area (Å²) in [6.07, 6.45) is 8.62. The molecule has 3 aliphatic heterocycles. The van der Waals surface area contributed by atoms with Crippen LogP contribution in [0.15, 0.2) is 42.5 Å². The Labute approximate surface area is 265 Å². The molecule has 0 bridgehead atoms. The number of sulfonamides is 1. The van der Waals surface area contributed by atoms with Gasteiger partial charge in [0.2, 0.25) is 10.0 Å². The Balaban J connectivity index is 1.24. The Morgan fingerprint density at radius 3 is 2.32 bits per heavy atom. The number of hydrogen-bond acceptors (Lipinski definition) is 6. The maximum absolute atomic E-state index is 14.5. The van der Waals surface area contributed by atoms with Crippen LogP contribution in [0.2, 0.25) is 0 Å². The van der Waals surface area contributed by atoms with Crippen LogP contribution in [0, 0.1) is 13.8 Å². The number of aryl methyl sites for hydroxylation is 1. The van der Waals surface area contributed by atoms with Crippen molar-refractivity contribution in [2.75, 3.05) is 33.4 Å². The number of benzene rings is 2. The molecule has 4 fully saturated rings. The van der Waals surface area contributed by atoms with Gasteiger partial charge in [0.25, 0.3) is 0 Å². The normalized spacial score (nSPS) is 31.6. The summed E-state index contributed by atoms with van der Waals surface area (Å²) < 4.78 is 36.6. The quantitative estimate of drug-likeness (QED) is 0.338. The summed E-state index contributed by atoms with van der Waals surface area (Å²) in [5, 5.41) is 1.52. The van der Waals surface area contributed by atoms with Crippen LogP contribution >= 0.6 is 0 Å². The summed E-state index contributed by atoms with van der Waals surface area (Å²) in [4.78, 5) is 8.90. The standard InChI is InChI=1S/C36H53N3O4S/c1-25-13-12-16-32(26(25)2)29-17-19-30(20-18-29)35-33-23-37(21-10-11-22-38(33)34(35)24-42-5)44(40,41)36-27(3)39(43-28(36)4)31-14-8-6-7-9-15-31/h12-13,16-20,27-28,31,33-36H,6-11,14-15,21-24H2,1-5H3/t27?,28?,33-,34?,35-,36?/m0/s1. The maximum Gasteiger partial charge on any atom is 0.221 e. The zero-order valence-electron chi connectivity index (χ0n) is 27.5. The number of hydroxylamine groups is 2. The number of ether oxygens (including phenoxy) is 1. The van der Waals surface area contributed by atoms with E-state index in [9.17, 15) is 8.42 Å². The molecular weight excluding hydrogens is 570 g/mol. The van der Waals surface area contributed by atoms with Gasteiger partial charge in [-0.05, 0) is 87.7 Å². The van der Waals surface area contributed by atoms with Gasteiger partial charge in [0.15, 0.2) is 0 Å². The summed E-state index contributed by atoms with van der Waals surface area (Å²) in [7, 11) is -1.81. The zero-order valence-corrected chi connectivity index (χ0v) is 28.3. The lowest BCUT2D eigenvalue weighted by atomic mass is 9.74. The van der Waals surface area contributed by atoms with E-state index in [-0.39, 0.29) is 30.1 Å². The highest BCUT2D eigenvalue weighted by Crippen LogP contribution is 2.44. The number of methoxy groups -OCH3 is 1. The molecule has 3 saturated heterocycles. The monoisotopic (exact) mass is 623 g/mol. The van der Waals surface area contributed by atoms with Gasteiger partial charge in [0.1, 0.15) is 5.25 Å². The molecule has 3 heterocycles. The van der Waals surface area contributed by atoms with Crippen molar-refractivity contribution in [3.8, 4) is 11.1 Å². The van der Waals surface area contributed by atoms with Gasteiger partial charge in [-0.25, -0.2) is 8.42 Å². The minimum absolute atomic E-state index is 0.127. The molecule has 6 rings (SSSR count). The first-order valence-electron chi connectivity index (χ1n) is 17.1. The zero-order chi connectivity index (χ0) is 31.0. The molecule has 4 unspecified atom stereocenters. The van der Waals surface area contributed by atoms with Crippen molar-refractivity contribution in [3.05, 3.63) is 59.2 Å². The van der Waals surface area contributed by atoms with Crippen molar-refractivity contribution < 1.29 is 18.0 Å². The van der Waals surface area contributed by atoms with Crippen LogP contribution in [0.4, 0.5) is 0 Å². The molecule has 0 aromatic heterocycles. The molecule has 0 amide bonds. The fourth-order valence-electron chi connectivity index (χ4n) is 8.72. The second kappa shape index (κ2) is 13.5. The topological polar surface area (TPSA) is 62.3 Å². The number of nitrogens with zero attached hydrogens (tertiary/aromatic N) is 3. The van der Waals surface area contributed by atoms with Crippen molar-refractivity contribution in [2.24, 2.45) is 0 Å². The lowest BCUT2D eigenvalue weighted by Gasteiger charge is -2.57. The first-order chi connectivity index (χ1) is 21.2. The third-order valence-electron chi connectivity index (χ3n) is 11.2. The summed E-state index contributed by atoms with van der Waals surface area (Å²) in [5.74, 6) is 0.218. The predicted octanol–water partition coefficient (Wildman–Crippen LogP) is 6.29. The molecule has 1 aliphatic carbocycles. The second-order valence-corrected chi connectivity index (χ2v) is 15.9. The SMILES string of the molecule is COCC1[C@@H](c2ccc(-c3cccc(C)c3C)cc2)[C@@H]2CN(S(=O)(=O)C3C(C)ON(C4CCCCCC4)C3C)CCCCN12. The molecule has 4 aliphatic rings. The van der Waals surface area contributed by atoms with Crippen LogP contribution in [0.3, 0.4) is 0 Å². The third kappa shape index (κ3) is 6.03. The average molecular weight is 624 g/mol. The molecule has 2 aromatic carbocycles. The van der Waals surface area contributed by atoms with Crippen LogP contribution in [-0.2, 0) is 19.6 Å². The number of rotatable bonds is 7. The van der Waals surface area contributed by atoms with Crippen LogP contribution in [0.1, 0.15) is 87.8 Å². The number of fused-ring (bicyclic) bond motifs is 1. The lowest BCUT2D eigenvalue weighted by Crippen LogP contribution is -2.68. The van der Waals surface area contributed by atoms with Gasteiger partial charge in [0.05, 0.1) is 18.8 Å². The minimum atomic E-state index is -3.58. The fraction of sp³-hybridized carbons (Fsp3) is 0.667. The smallest absolute Gasteiger partial charge is 0.221 e. The highest BCUT2D eigenvalue weighted by atomic mass is 32.2. The Bertz CT molecular complexity index is 1370. The lowest BCUT2D eigenvalue weighted by molar-refractivity contribution is -0.185. The predicted molar refractivity (Wildman–Crippen MR) is 177 cm³/mol. The second-order valence-electron chi connectivity index (χ2n) is 13.9. The van der Waals surface area contributed by atoms with E-state index in [0.717, 1.165) is 32.2 Å². The Kier molecular flexibility index (Phi) is 9.87. The molecule has 7 nitrogen and oxygen atoms in total. The molecule has 1 saturated carbocycles. The van der Waals surface area contributed by atoms with Gasteiger partial charge in [-0.2, -0.15) is 9.37 Å². The van der Waals surface area contributed by atoms with Gasteiger partial charge in [-0.15, -0.1) is 0 Å². The van der Waals surface area contributed by atoms with Crippen molar-refractivity contribution in [3.63, 3.8) is 0 Å². The molecule has 8 heteroatoms. The Morgan fingerprint density at radius 1 is 0.909 bits per heavy atom. The summed E-state index contributed by atoms with van der Waals surface area (Å²) >= 11 is 0. The van der Waals surface area contributed by atoms with E-state index in [1.807, 2.05) is 11.2 Å². The minimum Gasteiger partial charge on any atom is -0.383 e. The van der Waals surface area contributed by atoms with Crippen LogP contribution < -0.4 is 0 Å². The number of hydrogen-bond donors (Lipinski definition) is 0. The summed E-state index contributed by atoms with van der Waals surface area (Å²) in [5.41, 5.74) is 6.36. The van der Waals surface area contributed by atoms with Gasteiger partial charge in [0, 0.05) is 44.2 Å². The summed E-state index contributed by atoms with van der Waals surface area (Å²) in [6.45, 7) is 11.1. The molecule has 0 radical (unpaired) electrons. The molecule has 2 aromatic rings. The molecular formula is C36H53N3O4S. The summed E-state index contributed by atoms with van der Waals surface area (Å²) in [6, 6.07) is 16.0.